The first kappa shape index (κ1) is 24.0. The number of benzene rings is 2. The fourth-order valence-electron chi connectivity index (χ4n) is 4.44. The van der Waals surface area contributed by atoms with E-state index >= 15 is 0 Å². The number of methoxy groups -OCH3 is 1. The van der Waals surface area contributed by atoms with E-state index in [1.807, 2.05) is 42.5 Å². The third-order valence-electron chi connectivity index (χ3n) is 6.06. The second kappa shape index (κ2) is 9.72. The van der Waals surface area contributed by atoms with Crippen LogP contribution in [-0.2, 0) is 6.61 Å². The van der Waals surface area contributed by atoms with E-state index in [0.717, 1.165) is 32.8 Å². The molecule has 4 aromatic rings. The van der Waals surface area contributed by atoms with Crippen LogP contribution < -0.4 is 19.9 Å². The molecule has 36 heavy (non-hydrogen) atoms. The lowest BCUT2D eigenvalue weighted by Crippen LogP contribution is -2.21. The van der Waals surface area contributed by atoms with Crippen molar-refractivity contribution in [3.05, 3.63) is 90.9 Å². The maximum absolute atomic E-state index is 10.1. The zero-order valence-corrected chi connectivity index (χ0v) is 22.3. The number of ether oxygens (including phenoxy) is 3. The Hall–Kier alpha value is -3.74. The van der Waals surface area contributed by atoms with Gasteiger partial charge in [-0.1, -0.05) is 30.3 Å². The van der Waals surface area contributed by atoms with Crippen molar-refractivity contribution in [2.45, 2.75) is 26.4 Å². The average molecular weight is 563 g/mol. The summed E-state index contributed by atoms with van der Waals surface area (Å²) in [5.74, 6) is 0.983. The Bertz CT molecular complexity index is 1520. The normalized spacial score (nSPS) is 14.7. The zero-order chi connectivity index (χ0) is 25.4. The quantitative estimate of drug-likeness (QED) is 0.284. The van der Waals surface area contributed by atoms with Gasteiger partial charge in [0.1, 0.15) is 18.2 Å². The number of hydrogen-bond donors (Lipinski definition) is 2. The van der Waals surface area contributed by atoms with Crippen LogP contribution in [0.5, 0.6) is 17.4 Å². The molecule has 2 aromatic heterocycles. The van der Waals surface area contributed by atoms with E-state index in [1.54, 1.807) is 18.4 Å². The van der Waals surface area contributed by atoms with Gasteiger partial charge < -0.3 is 19.9 Å². The van der Waals surface area contributed by atoms with Crippen molar-refractivity contribution in [3.63, 3.8) is 0 Å². The number of nitriles is 1. The molecule has 0 saturated heterocycles. The SMILES string of the molecule is COc1cc(C2C(C#N)=C(N)Oc3n[nH]c(-c4cc(C)sc4C)c32)cc(Br)c1OCc1ccccc1. The first-order chi connectivity index (χ1) is 17.4. The Kier molecular flexibility index (Phi) is 6.48. The van der Waals surface area contributed by atoms with Crippen molar-refractivity contribution in [3.8, 4) is 34.7 Å². The van der Waals surface area contributed by atoms with Crippen LogP contribution in [0, 0.1) is 25.2 Å². The largest absolute Gasteiger partial charge is 0.493 e. The molecule has 7 nitrogen and oxygen atoms in total. The Morgan fingerprint density at radius 1 is 1.22 bits per heavy atom. The highest BCUT2D eigenvalue weighted by atomic mass is 79.9. The van der Waals surface area contributed by atoms with Gasteiger partial charge in [0.25, 0.3) is 0 Å². The summed E-state index contributed by atoms with van der Waals surface area (Å²) >= 11 is 5.36. The van der Waals surface area contributed by atoms with Crippen molar-refractivity contribution in [2.75, 3.05) is 7.11 Å². The molecule has 5 rings (SSSR count). The lowest BCUT2D eigenvalue weighted by atomic mass is 9.83. The van der Waals surface area contributed by atoms with E-state index in [2.05, 4.69) is 52.1 Å². The van der Waals surface area contributed by atoms with E-state index in [0.29, 0.717) is 34.0 Å². The van der Waals surface area contributed by atoms with Gasteiger partial charge in [0.15, 0.2) is 11.5 Å². The summed E-state index contributed by atoms with van der Waals surface area (Å²) in [6.07, 6.45) is 0. The number of thiophene rings is 1. The van der Waals surface area contributed by atoms with Gasteiger partial charge >= 0.3 is 0 Å². The molecule has 2 aromatic carbocycles. The van der Waals surface area contributed by atoms with Gasteiger partial charge in [-0.25, -0.2) is 0 Å². The minimum atomic E-state index is -0.513. The van der Waals surface area contributed by atoms with Crippen molar-refractivity contribution < 1.29 is 14.2 Å². The number of aryl methyl sites for hydroxylation is 2. The van der Waals surface area contributed by atoms with Crippen molar-refractivity contribution >= 4 is 27.3 Å². The zero-order valence-electron chi connectivity index (χ0n) is 19.9. The Morgan fingerprint density at radius 3 is 2.67 bits per heavy atom. The van der Waals surface area contributed by atoms with Crippen molar-refractivity contribution in [1.82, 2.24) is 10.2 Å². The molecular formula is C27H23BrN4O3S. The van der Waals surface area contributed by atoms with Crippen LogP contribution in [0.2, 0.25) is 0 Å². The topological polar surface area (TPSA) is 106 Å². The third-order valence-corrected chi connectivity index (χ3v) is 7.62. The smallest absolute Gasteiger partial charge is 0.244 e. The monoisotopic (exact) mass is 562 g/mol. The lowest BCUT2D eigenvalue weighted by Gasteiger charge is -2.25. The summed E-state index contributed by atoms with van der Waals surface area (Å²) in [5, 5.41) is 17.6. The number of allylic oxidation sites excluding steroid dienone is 1. The molecular weight excluding hydrogens is 540 g/mol. The Labute approximate surface area is 221 Å². The molecule has 1 atom stereocenters. The summed E-state index contributed by atoms with van der Waals surface area (Å²) in [7, 11) is 1.59. The lowest BCUT2D eigenvalue weighted by molar-refractivity contribution is 0.282. The number of aromatic amines is 1. The number of aromatic nitrogens is 2. The number of fused-ring (bicyclic) bond motifs is 1. The highest BCUT2D eigenvalue weighted by Gasteiger charge is 2.37. The summed E-state index contributed by atoms with van der Waals surface area (Å²) in [6.45, 7) is 4.51. The van der Waals surface area contributed by atoms with Gasteiger partial charge in [0, 0.05) is 15.3 Å². The third kappa shape index (κ3) is 4.23. The second-order valence-corrected chi connectivity index (χ2v) is 10.7. The minimum absolute atomic E-state index is 0.0331. The number of nitrogens with one attached hydrogen (secondary N) is 1. The maximum atomic E-state index is 10.1. The number of halogens is 1. The van der Waals surface area contributed by atoms with Crippen LogP contribution in [0.25, 0.3) is 11.3 Å². The van der Waals surface area contributed by atoms with Crippen LogP contribution in [0.4, 0.5) is 0 Å². The molecule has 1 aliphatic heterocycles. The first-order valence-electron chi connectivity index (χ1n) is 11.2. The van der Waals surface area contributed by atoms with Gasteiger partial charge in [-0.2, -0.15) is 5.26 Å². The van der Waals surface area contributed by atoms with Gasteiger partial charge in [0.2, 0.25) is 11.8 Å². The number of hydrogen-bond acceptors (Lipinski definition) is 7. The average Bonchev–Trinajstić information content (AvgIpc) is 3.43. The van der Waals surface area contributed by atoms with Crippen LogP contribution in [0.3, 0.4) is 0 Å². The number of H-pyrrole nitrogens is 1. The molecule has 9 heteroatoms. The van der Waals surface area contributed by atoms with Crippen LogP contribution in [-0.4, -0.2) is 17.3 Å². The molecule has 0 fully saturated rings. The number of nitrogens with two attached hydrogens (primary N) is 1. The molecule has 0 spiro atoms. The molecule has 3 heterocycles. The molecule has 0 saturated carbocycles. The highest BCUT2D eigenvalue weighted by molar-refractivity contribution is 9.10. The number of rotatable bonds is 6. The predicted octanol–water partition coefficient (Wildman–Crippen LogP) is 6.32. The maximum Gasteiger partial charge on any atom is 0.244 e. The highest BCUT2D eigenvalue weighted by Crippen LogP contribution is 2.49. The molecule has 182 valence electrons. The van der Waals surface area contributed by atoms with Gasteiger partial charge in [-0.3, -0.25) is 5.10 Å². The Morgan fingerprint density at radius 2 is 2.00 bits per heavy atom. The standard InChI is InChI=1S/C27H23BrN4O3S/c1-14-9-18(15(2)36-14)24-23-22(19(12-29)26(30)35-27(23)32-31-24)17-10-20(28)25(21(11-17)33-3)34-13-16-7-5-4-6-8-16/h4-11,22H,13,30H2,1-3H3,(H,31,32). The molecule has 1 aliphatic rings. The molecule has 0 radical (unpaired) electrons. The van der Waals surface area contributed by atoms with Crippen molar-refractivity contribution in [2.24, 2.45) is 5.73 Å². The van der Waals surface area contributed by atoms with Crippen LogP contribution >= 0.6 is 27.3 Å². The van der Waals surface area contributed by atoms with Gasteiger partial charge in [-0.05, 0) is 59.1 Å². The fraction of sp³-hybridized carbons (Fsp3) is 0.185. The van der Waals surface area contributed by atoms with E-state index < -0.39 is 5.92 Å². The summed E-state index contributed by atoms with van der Waals surface area (Å²) in [6, 6.07) is 18.1. The summed E-state index contributed by atoms with van der Waals surface area (Å²) in [5.41, 5.74) is 10.9. The van der Waals surface area contributed by atoms with E-state index in [4.69, 9.17) is 19.9 Å². The summed E-state index contributed by atoms with van der Waals surface area (Å²) < 4.78 is 18.3. The second-order valence-electron chi connectivity index (χ2n) is 8.38. The first-order valence-corrected chi connectivity index (χ1v) is 12.8. The molecule has 0 aliphatic carbocycles. The fourth-order valence-corrected chi connectivity index (χ4v) is 5.94. The Balaban J connectivity index is 1.62. The number of nitrogens with zero attached hydrogens (tertiary/aromatic N) is 2. The molecule has 1 unspecified atom stereocenters. The van der Waals surface area contributed by atoms with E-state index in [-0.39, 0.29) is 5.88 Å². The predicted molar refractivity (Wildman–Crippen MR) is 142 cm³/mol. The van der Waals surface area contributed by atoms with Gasteiger partial charge in [0.05, 0.1) is 28.8 Å². The van der Waals surface area contributed by atoms with E-state index in [9.17, 15) is 5.26 Å². The van der Waals surface area contributed by atoms with Crippen LogP contribution in [0.1, 0.15) is 32.4 Å². The van der Waals surface area contributed by atoms with Crippen LogP contribution in [0.15, 0.2) is 64.5 Å². The molecule has 0 bridgehead atoms. The van der Waals surface area contributed by atoms with Crippen molar-refractivity contribution in [1.29, 1.82) is 5.26 Å². The van der Waals surface area contributed by atoms with E-state index in [1.165, 1.54) is 4.88 Å². The van der Waals surface area contributed by atoms with Gasteiger partial charge in [-0.15, -0.1) is 16.4 Å². The molecule has 3 N–H and O–H groups in total. The molecule has 0 amide bonds. The summed E-state index contributed by atoms with van der Waals surface area (Å²) in [4.78, 5) is 2.32. The minimum Gasteiger partial charge on any atom is -0.493 e.